The summed E-state index contributed by atoms with van der Waals surface area (Å²) in [5.41, 5.74) is 2.94. The van der Waals surface area contributed by atoms with Crippen LogP contribution in [0.4, 0.5) is 4.39 Å². The maximum Gasteiger partial charge on any atom is 0.123 e. The van der Waals surface area contributed by atoms with Crippen molar-refractivity contribution in [1.82, 2.24) is 4.90 Å². The summed E-state index contributed by atoms with van der Waals surface area (Å²) in [4.78, 5) is 2.56. The summed E-state index contributed by atoms with van der Waals surface area (Å²) in [6.07, 6.45) is 4.68. The highest BCUT2D eigenvalue weighted by atomic mass is 35.5. The van der Waals surface area contributed by atoms with Gasteiger partial charge in [0.1, 0.15) is 23.4 Å². The van der Waals surface area contributed by atoms with E-state index in [1.807, 2.05) is 0 Å². The second kappa shape index (κ2) is 8.94. The monoisotopic (exact) mass is 391 g/mol. The van der Waals surface area contributed by atoms with E-state index in [0.717, 1.165) is 44.0 Å². The van der Waals surface area contributed by atoms with E-state index in [-0.39, 0.29) is 24.3 Å². The predicted octanol–water partition coefficient (Wildman–Crippen LogP) is 4.83. The van der Waals surface area contributed by atoms with E-state index < -0.39 is 0 Å². The first kappa shape index (κ1) is 20.0. The lowest BCUT2D eigenvalue weighted by molar-refractivity contribution is 0.0968. The molecule has 1 atom stereocenters. The molecular formula is C22H27ClFNO2. The van der Waals surface area contributed by atoms with Crippen molar-refractivity contribution in [2.24, 2.45) is 0 Å². The fraction of sp³-hybridized carbons (Fsp3) is 0.455. The Kier molecular flexibility index (Phi) is 6.61. The normalized spacial score (nSPS) is 20.0. The molecule has 1 fully saturated rings. The predicted molar refractivity (Wildman–Crippen MR) is 108 cm³/mol. The lowest BCUT2D eigenvalue weighted by atomic mass is 9.98. The van der Waals surface area contributed by atoms with Crippen LogP contribution in [0.1, 0.15) is 36.3 Å². The van der Waals surface area contributed by atoms with Crippen molar-refractivity contribution in [2.45, 2.75) is 37.7 Å². The largest absolute Gasteiger partial charge is 0.497 e. The molecule has 4 rings (SSSR count). The number of halogens is 2. The minimum Gasteiger partial charge on any atom is -0.497 e. The average Bonchev–Trinajstić information content (AvgIpc) is 3.07. The van der Waals surface area contributed by atoms with E-state index in [1.54, 1.807) is 19.2 Å². The summed E-state index contributed by atoms with van der Waals surface area (Å²) in [5, 5.41) is 0. The Morgan fingerprint density at radius 3 is 2.41 bits per heavy atom. The summed E-state index contributed by atoms with van der Waals surface area (Å²) in [6.45, 7) is 3.23. The molecule has 0 radical (unpaired) electrons. The van der Waals surface area contributed by atoms with Gasteiger partial charge in [0.25, 0.3) is 0 Å². The first-order valence-electron chi connectivity index (χ1n) is 9.52. The van der Waals surface area contributed by atoms with E-state index in [9.17, 15) is 4.39 Å². The van der Waals surface area contributed by atoms with Crippen LogP contribution in [0, 0.1) is 5.82 Å². The number of fused-ring (bicyclic) bond motifs is 1. The lowest BCUT2D eigenvalue weighted by Crippen LogP contribution is -2.40. The van der Waals surface area contributed by atoms with Gasteiger partial charge in [-0.3, -0.25) is 0 Å². The van der Waals surface area contributed by atoms with E-state index >= 15 is 0 Å². The number of likely N-dealkylation sites (tertiary alicyclic amines) is 1. The van der Waals surface area contributed by atoms with Gasteiger partial charge in [-0.2, -0.15) is 0 Å². The Balaban J connectivity index is 0.00000210. The van der Waals surface area contributed by atoms with E-state index in [1.165, 1.54) is 36.1 Å². The van der Waals surface area contributed by atoms with Gasteiger partial charge in [0.05, 0.1) is 7.11 Å². The fourth-order valence-electron chi connectivity index (χ4n) is 4.21. The Bertz CT molecular complexity index is 744. The third kappa shape index (κ3) is 4.74. The minimum atomic E-state index is -0.222. The fourth-order valence-corrected chi connectivity index (χ4v) is 4.21. The highest BCUT2D eigenvalue weighted by molar-refractivity contribution is 5.85. The summed E-state index contributed by atoms with van der Waals surface area (Å²) >= 11 is 0. The van der Waals surface area contributed by atoms with Gasteiger partial charge in [0.2, 0.25) is 0 Å². The summed E-state index contributed by atoms with van der Waals surface area (Å²) < 4.78 is 24.4. The number of hydrogen-bond acceptors (Lipinski definition) is 3. The van der Waals surface area contributed by atoms with Gasteiger partial charge in [0.15, 0.2) is 0 Å². The molecular weight excluding hydrogens is 365 g/mol. The van der Waals surface area contributed by atoms with E-state index in [0.29, 0.717) is 5.92 Å². The number of nitrogens with zero attached hydrogens (tertiary/aromatic N) is 1. The summed E-state index contributed by atoms with van der Waals surface area (Å²) in [6, 6.07) is 12.8. The number of rotatable bonds is 5. The maximum atomic E-state index is 13.0. The molecule has 27 heavy (non-hydrogen) atoms. The van der Waals surface area contributed by atoms with Crippen LogP contribution in [0.15, 0.2) is 42.5 Å². The molecule has 1 saturated heterocycles. The molecule has 146 valence electrons. The molecule has 2 aromatic rings. The molecule has 0 bridgehead atoms. The van der Waals surface area contributed by atoms with Crippen molar-refractivity contribution in [3.8, 4) is 11.5 Å². The van der Waals surface area contributed by atoms with Crippen molar-refractivity contribution in [2.75, 3.05) is 26.7 Å². The van der Waals surface area contributed by atoms with Crippen molar-refractivity contribution in [3.63, 3.8) is 0 Å². The van der Waals surface area contributed by atoms with E-state index in [4.69, 9.17) is 9.47 Å². The molecule has 0 N–H and O–H groups in total. The number of aryl methyl sites for hydroxylation is 1. The molecule has 0 aromatic heterocycles. The maximum absolute atomic E-state index is 13.0. The third-order valence-electron chi connectivity index (χ3n) is 5.68. The van der Waals surface area contributed by atoms with Crippen molar-refractivity contribution in [3.05, 3.63) is 59.4 Å². The molecule has 3 nitrogen and oxygen atoms in total. The molecule has 1 aliphatic carbocycles. The van der Waals surface area contributed by atoms with Crippen LogP contribution in [0.25, 0.3) is 0 Å². The smallest absolute Gasteiger partial charge is 0.123 e. The highest BCUT2D eigenvalue weighted by Gasteiger charge is 2.27. The molecule has 5 heteroatoms. The first-order chi connectivity index (χ1) is 12.7. The highest BCUT2D eigenvalue weighted by Crippen LogP contribution is 2.36. The Morgan fingerprint density at radius 2 is 1.70 bits per heavy atom. The molecule has 1 unspecified atom stereocenters. The Labute approximate surface area is 166 Å². The average molecular weight is 392 g/mol. The molecule has 0 amide bonds. The third-order valence-corrected chi connectivity index (χ3v) is 5.68. The quantitative estimate of drug-likeness (QED) is 0.728. The van der Waals surface area contributed by atoms with Crippen LogP contribution in [0.5, 0.6) is 11.5 Å². The number of benzene rings is 2. The van der Waals surface area contributed by atoms with Crippen molar-refractivity contribution in [1.29, 1.82) is 0 Å². The SMILES string of the molecule is COc1ccc2c(c1)C(CN1CCC(Oc3ccc(F)cc3)CC1)CC2.Cl. The molecule has 1 heterocycles. The zero-order chi connectivity index (χ0) is 17.9. The number of hydrogen-bond donors (Lipinski definition) is 0. The van der Waals surface area contributed by atoms with Crippen molar-refractivity contribution >= 4 is 12.4 Å². The standard InChI is InChI=1S/C22H26FNO2.ClH/c1-25-21-7-4-16-2-3-17(22(16)14-21)15-24-12-10-20(11-13-24)26-19-8-5-18(23)6-9-19;/h4-9,14,17,20H,2-3,10-13,15H2,1H3;1H. The van der Waals surface area contributed by atoms with Gasteiger partial charge in [-0.1, -0.05) is 6.07 Å². The van der Waals surface area contributed by atoms with Crippen LogP contribution in [-0.4, -0.2) is 37.7 Å². The Morgan fingerprint density at radius 1 is 1.00 bits per heavy atom. The lowest BCUT2D eigenvalue weighted by Gasteiger charge is -2.33. The van der Waals surface area contributed by atoms with Gasteiger partial charge in [-0.05, 0) is 79.1 Å². The van der Waals surface area contributed by atoms with Crippen LogP contribution in [-0.2, 0) is 6.42 Å². The summed E-state index contributed by atoms with van der Waals surface area (Å²) in [5.74, 6) is 2.11. The number of methoxy groups -OCH3 is 1. The van der Waals surface area contributed by atoms with Gasteiger partial charge in [-0.25, -0.2) is 4.39 Å². The van der Waals surface area contributed by atoms with Gasteiger partial charge in [0, 0.05) is 19.6 Å². The van der Waals surface area contributed by atoms with Crippen LogP contribution in [0.3, 0.4) is 0 Å². The number of piperidine rings is 1. The van der Waals surface area contributed by atoms with E-state index in [2.05, 4.69) is 23.1 Å². The van der Waals surface area contributed by atoms with Crippen molar-refractivity contribution < 1.29 is 13.9 Å². The molecule has 2 aliphatic rings. The zero-order valence-electron chi connectivity index (χ0n) is 15.7. The van der Waals surface area contributed by atoms with Crippen LogP contribution < -0.4 is 9.47 Å². The topological polar surface area (TPSA) is 21.7 Å². The van der Waals surface area contributed by atoms with Gasteiger partial charge in [-0.15, -0.1) is 12.4 Å². The molecule has 2 aromatic carbocycles. The number of ether oxygens (including phenoxy) is 2. The van der Waals surface area contributed by atoms with Crippen LogP contribution in [0.2, 0.25) is 0 Å². The van der Waals surface area contributed by atoms with Gasteiger partial charge >= 0.3 is 0 Å². The molecule has 1 aliphatic heterocycles. The molecule has 0 saturated carbocycles. The summed E-state index contributed by atoms with van der Waals surface area (Å²) in [7, 11) is 1.73. The first-order valence-corrected chi connectivity index (χ1v) is 9.52. The minimum absolute atomic E-state index is 0. The Hall–Kier alpha value is -1.78. The second-order valence-electron chi connectivity index (χ2n) is 7.37. The second-order valence-corrected chi connectivity index (χ2v) is 7.37. The van der Waals surface area contributed by atoms with Gasteiger partial charge < -0.3 is 14.4 Å². The molecule has 0 spiro atoms. The zero-order valence-corrected chi connectivity index (χ0v) is 16.5. The van der Waals surface area contributed by atoms with Crippen LogP contribution >= 0.6 is 12.4 Å².